The number of aromatic amines is 1. The van der Waals surface area contributed by atoms with Crippen LogP contribution in [0.4, 0.5) is 20.3 Å². The van der Waals surface area contributed by atoms with Gasteiger partial charge >= 0.3 is 0 Å². The number of amides is 1. The summed E-state index contributed by atoms with van der Waals surface area (Å²) in [5, 5.41) is 11.3. The molecule has 4 aromatic rings. The average Bonchev–Trinajstić information content (AvgIpc) is 3.29. The van der Waals surface area contributed by atoms with Crippen LogP contribution < -0.4 is 5.32 Å². The number of carbonyl (C=O) groups is 1. The van der Waals surface area contributed by atoms with E-state index in [1.807, 2.05) is 36.4 Å². The average molecular weight is 460 g/mol. The molecule has 1 aliphatic carbocycles. The lowest BCUT2D eigenvalue weighted by Crippen LogP contribution is -2.48. The summed E-state index contributed by atoms with van der Waals surface area (Å²) in [7, 11) is 0. The SMILES string of the molecule is O=C(C1CC(F)(F)C1)N1CCc2ccc(-c3nccc(Nc4ccc5[nH]ncc5c4)n3)cc2C1. The lowest BCUT2D eigenvalue weighted by molar-refractivity contribution is -0.160. The van der Waals surface area contributed by atoms with Gasteiger partial charge in [-0.1, -0.05) is 12.1 Å². The van der Waals surface area contributed by atoms with Crippen molar-refractivity contribution in [2.24, 2.45) is 5.92 Å². The molecular formula is C25H22F2N6O. The summed E-state index contributed by atoms with van der Waals surface area (Å²) in [6, 6.07) is 13.7. The Labute approximate surface area is 194 Å². The van der Waals surface area contributed by atoms with Crippen molar-refractivity contribution in [3.8, 4) is 11.4 Å². The van der Waals surface area contributed by atoms with Crippen LogP contribution in [0.15, 0.2) is 54.9 Å². The van der Waals surface area contributed by atoms with Crippen LogP contribution in [0.3, 0.4) is 0 Å². The van der Waals surface area contributed by atoms with Crippen molar-refractivity contribution >= 4 is 28.3 Å². The Morgan fingerprint density at radius 3 is 2.85 bits per heavy atom. The van der Waals surface area contributed by atoms with Crippen LogP contribution in [0.25, 0.3) is 22.3 Å². The van der Waals surface area contributed by atoms with E-state index in [2.05, 4.69) is 25.5 Å². The Kier molecular flexibility index (Phi) is 4.79. The number of benzene rings is 2. The summed E-state index contributed by atoms with van der Waals surface area (Å²) in [5.41, 5.74) is 4.86. The molecule has 0 radical (unpaired) electrons. The molecule has 2 aliphatic rings. The number of hydrogen-bond acceptors (Lipinski definition) is 5. The minimum Gasteiger partial charge on any atom is -0.340 e. The smallest absolute Gasteiger partial charge is 0.249 e. The van der Waals surface area contributed by atoms with E-state index in [1.54, 1.807) is 23.4 Å². The fourth-order valence-corrected chi connectivity index (χ4v) is 4.71. The number of aromatic nitrogens is 4. The summed E-state index contributed by atoms with van der Waals surface area (Å²) in [6.07, 6.45) is 3.51. The number of nitrogens with zero attached hydrogens (tertiary/aromatic N) is 4. The third kappa shape index (κ3) is 3.87. The number of alkyl halides is 2. The number of halogens is 2. The lowest BCUT2D eigenvalue weighted by atomic mass is 9.80. The molecule has 0 unspecified atom stereocenters. The summed E-state index contributed by atoms with van der Waals surface area (Å²) in [5.74, 6) is -2.19. The molecule has 1 aliphatic heterocycles. The second-order valence-corrected chi connectivity index (χ2v) is 9.02. The second-order valence-electron chi connectivity index (χ2n) is 9.02. The number of hydrogen-bond donors (Lipinski definition) is 2. The Hall–Kier alpha value is -3.88. The fourth-order valence-electron chi connectivity index (χ4n) is 4.71. The van der Waals surface area contributed by atoms with Gasteiger partial charge in [-0.25, -0.2) is 18.7 Å². The zero-order chi connectivity index (χ0) is 23.3. The summed E-state index contributed by atoms with van der Waals surface area (Å²) >= 11 is 0. The van der Waals surface area contributed by atoms with Gasteiger partial charge in [0.05, 0.1) is 11.7 Å². The molecular weight excluding hydrogens is 438 g/mol. The highest BCUT2D eigenvalue weighted by atomic mass is 19.3. The maximum absolute atomic E-state index is 13.2. The third-order valence-electron chi connectivity index (χ3n) is 6.60. The maximum Gasteiger partial charge on any atom is 0.249 e. The van der Waals surface area contributed by atoms with E-state index in [4.69, 9.17) is 0 Å². The number of anilines is 2. The molecule has 0 bridgehead atoms. The van der Waals surface area contributed by atoms with Crippen LogP contribution in [0.5, 0.6) is 0 Å². The number of H-pyrrole nitrogens is 1. The zero-order valence-electron chi connectivity index (χ0n) is 18.3. The van der Waals surface area contributed by atoms with Crippen LogP contribution in [0, 0.1) is 5.92 Å². The van der Waals surface area contributed by atoms with E-state index in [0.29, 0.717) is 31.2 Å². The van der Waals surface area contributed by atoms with Crippen LogP contribution in [-0.2, 0) is 17.8 Å². The van der Waals surface area contributed by atoms with Gasteiger partial charge in [-0.3, -0.25) is 9.89 Å². The molecule has 3 heterocycles. The van der Waals surface area contributed by atoms with Crippen molar-refractivity contribution in [3.63, 3.8) is 0 Å². The minimum absolute atomic E-state index is 0.168. The van der Waals surface area contributed by atoms with Gasteiger partial charge in [-0.2, -0.15) is 5.10 Å². The molecule has 6 rings (SSSR count). The molecule has 9 heteroatoms. The molecule has 1 amide bonds. The monoisotopic (exact) mass is 460 g/mol. The summed E-state index contributed by atoms with van der Waals surface area (Å²) in [6.45, 7) is 0.983. The molecule has 34 heavy (non-hydrogen) atoms. The van der Waals surface area contributed by atoms with Crippen molar-refractivity contribution < 1.29 is 13.6 Å². The van der Waals surface area contributed by atoms with Crippen molar-refractivity contribution in [2.75, 3.05) is 11.9 Å². The molecule has 7 nitrogen and oxygen atoms in total. The van der Waals surface area contributed by atoms with E-state index >= 15 is 0 Å². The molecule has 0 spiro atoms. The second kappa shape index (κ2) is 7.86. The Balaban J connectivity index is 1.21. The predicted octanol–water partition coefficient (Wildman–Crippen LogP) is 4.69. The fraction of sp³-hybridized carbons (Fsp3) is 0.280. The Bertz CT molecular complexity index is 1390. The van der Waals surface area contributed by atoms with Crippen molar-refractivity contribution in [1.82, 2.24) is 25.1 Å². The van der Waals surface area contributed by atoms with Crippen LogP contribution in [-0.4, -0.2) is 43.4 Å². The Morgan fingerprint density at radius 1 is 1.12 bits per heavy atom. The first-order chi connectivity index (χ1) is 16.4. The number of carbonyl (C=O) groups excluding carboxylic acids is 1. The standard InChI is InChI=1S/C25H22F2N6O/c26-25(27)11-19(12-25)24(34)33-8-6-15-1-2-16(9-18(15)14-33)23-28-7-5-22(31-23)30-20-3-4-21-17(10-20)13-29-32-21/h1-5,7,9-10,13,19H,6,8,11-12,14H2,(H,29,32)(H,28,30,31). The van der Waals surface area contributed by atoms with Gasteiger partial charge in [0.1, 0.15) is 5.82 Å². The topological polar surface area (TPSA) is 86.8 Å². The predicted molar refractivity (Wildman–Crippen MR) is 124 cm³/mol. The number of fused-ring (bicyclic) bond motifs is 2. The normalized spacial score (nSPS) is 17.3. The molecule has 2 aromatic heterocycles. The van der Waals surface area contributed by atoms with Crippen molar-refractivity contribution in [3.05, 3.63) is 66.0 Å². The first-order valence-electron chi connectivity index (χ1n) is 11.3. The highest BCUT2D eigenvalue weighted by molar-refractivity contribution is 5.83. The first kappa shape index (κ1) is 20.7. The quantitative estimate of drug-likeness (QED) is 0.461. The van der Waals surface area contributed by atoms with Gasteiger partial charge in [0.25, 0.3) is 0 Å². The first-order valence-corrected chi connectivity index (χ1v) is 11.3. The van der Waals surface area contributed by atoms with E-state index < -0.39 is 11.8 Å². The van der Waals surface area contributed by atoms with E-state index in [1.165, 1.54) is 0 Å². The zero-order valence-corrected chi connectivity index (χ0v) is 18.3. The van der Waals surface area contributed by atoms with E-state index in [-0.39, 0.29) is 18.7 Å². The van der Waals surface area contributed by atoms with E-state index in [9.17, 15) is 13.6 Å². The lowest BCUT2D eigenvalue weighted by Gasteiger charge is -2.38. The number of rotatable bonds is 4. The van der Waals surface area contributed by atoms with Crippen LogP contribution >= 0.6 is 0 Å². The molecule has 1 fully saturated rings. The van der Waals surface area contributed by atoms with Gasteiger partial charge in [0, 0.05) is 54.7 Å². The van der Waals surface area contributed by atoms with Crippen LogP contribution in [0.1, 0.15) is 24.0 Å². The minimum atomic E-state index is -2.69. The maximum atomic E-state index is 13.2. The molecule has 172 valence electrons. The van der Waals surface area contributed by atoms with Gasteiger partial charge in [-0.15, -0.1) is 0 Å². The number of nitrogens with one attached hydrogen (secondary N) is 2. The van der Waals surface area contributed by atoms with E-state index in [0.717, 1.165) is 33.3 Å². The highest BCUT2D eigenvalue weighted by Gasteiger charge is 2.49. The summed E-state index contributed by atoms with van der Waals surface area (Å²) in [4.78, 5) is 23.5. The third-order valence-corrected chi connectivity index (χ3v) is 6.60. The molecule has 2 aromatic carbocycles. The Morgan fingerprint density at radius 2 is 2.00 bits per heavy atom. The molecule has 2 N–H and O–H groups in total. The summed E-state index contributed by atoms with van der Waals surface area (Å²) < 4.78 is 26.5. The highest BCUT2D eigenvalue weighted by Crippen LogP contribution is 2.43. The van der Waals surface area contributed by atoms with Gasteiger partial charge in [0.15, 0.2) is 5.82 Å². The van der Waals surface area contributed by atoms with Crippen LogP contribution in [0.2, 0.25) is 0 Å². The molecule has 1 saturated carbocycles. The van der Waals surface area contributed by atoms with Crippen molar-refractivity contribution in [2.45, 2.75) is 31.7 Å². The van der Waals surface area contributed by atoms with Crippen molar-refractivity contribution in [1.29, 1.82) is 0 Å². The molecule has 0 saturated heterocycles. The molecule has 0 atom stereocenters. The van der Waals surface area contributed by atoms with Gasteiger partial charge in [0.2, 0.25) is 11.8 Å². The van der Waals surface area contributed by atoms with Gasteiger partial charge < -0.3 is 10.2 Å². The largest absolute Gasteiger partial charge is 0.340 e. The van der Waals surface area contributed by atoms with Gasteiger partial charge in [-0.05, 0) is 47.9 Å².